The summed E-state index contributed by atoms with van der Waals surface area (Å²) in [7, 11) is 0. The number of allylic oxidation sites excluding steroid dienone is 3. The van der Waals surface area contributed by atoms with Crippen LogP contribution in [-0.4, -0.2) is 10.7 Å². The Bertz CT molecular complexity index is 1140. The second-order valence-electron chi connectivity index (χ2n) is 6.70. The summed E-state index contributed by atoms with van der Waals surface area (Å²) in [4.78, 5) is 25.4. The van der Waals surface area contributed by atoms with Gasteiger partial charge in [-0.05, 0) is 31.0 Å². The average molecular weight is 410 g/mol. The fourth-order valence-corrected chi connectivity index (χ4v) is 4.82. The monoisotopic (exact) mass is 410 g/mol. The Hall–Kier alpha value is -3.51. The second kappa shape index (κ2) is 7.14. The molecule has 0 bridgehead atoms. The van der Waals surface area contributed by atoms with Crippen molar-refractivity contribution in [2.24, 2.45) is 5.73 Å². The molecule has 0 spiro atoms. The quantitative estimate of drug-likeness (QED) is 0.602. The van der Waals surface area contributed by atoms with Crippen molar-refractivity contribution in [3.8, 4) is 6.07 Å². The number of para-hydroxylation sites is 1. The highest BCUT2D eigenvalue weighted by molar-refractivity contribution is 7.15. The highest BCUT2D eigenvalue weighted by Crippen LogP contribution is 2.48. The lowest BCUT2D eigenvalue weighted by Gasteiger charge is -2.39. The molecule has 1 aliphatic heterocycles. The van der Waals surface area contributed by atoms with Crippen LogP contribution in [0, 0.1) is 27.3 Å². The minimum Gasteiger partial charge on any atom is -0.384 e. The van der Waals surface area contributed by atoms with Gasteiger partial charge in [0.15, 0.2) is 5.78 Å². The van der Waals surface area contributed by atoms with Crippen LogP contribution in [-0.2, 0) is 4.79 Å². The van der Waals surface area contributed by atoms with E-state index in [0.29, 0.717) is 35.4 Å². The van der Waals surface area contributed by atoms with Crippen molar-refractivity contribution in [3.63, 3.8) is 0 Å². The molecule has 1 aromatic carbocycles. The number of hydrogen-bond donors (Lipinski definition) is 1. The Labute approximate surface area is 169 Å². The third kappa shape index (κ3) is 2.98. The molecule has 0 saturated heterocycles. The molecule has 146 valence electrons. The van der Waals surface area contributed by atoms with Crippen molar-refractivity contribution in [1.29, 1.82) is 5.26 Å². The first-order valence-electron chi connectivity index (χ1n) is 8.88. The summed E-state index contributed by atoms with van der Waals surface area (Å²) in [5, 5.41) is 20.9. The van der Waals surface area contributed by atoms with Crippen LogP contribution in [0.3, 0.4) is 0 Å². The number of ketones is 1. The number of carbonyl (C=O) groups is 1. The molecule has 9 heteroatoms. The van der Waals surface area contributed by atoms with Crippen LogP contribution in [0.1, 0.15) is 30.1 Å². The lowest BCUT2D eigenvalue weighted by atomic mass is 9.78. The molecule has 2 N–H and O–H groups in total. The van der Waals surface area contributed by atoms with Gasteiger partial charge >= 0.3 is 5.00 Å². The number of hydrogen-bond acceptors (Lipinski definition) is 7. The Kier molecular flexibility index (Phi) is 4.64. The minimum atomic E-state index is -0.787. The van der Waals surface area contributed by atoms with E-state index < -0.39 is 16.7 Å². The van der Waals surface area contributed by atoms with Crippen molar-refractivity contribution < 1.29 is 14.1 Å². The molecular weight excluding hydrogens is 395 g/mol. The molecule has 1 aromatic heterocycles. The standard InChI is InChI=1S/C20H15FN4O3S/c21-12-4-1-2-5-13(12)24-14-6-3-7-15(26)19(14)18(11(10-22)20(24)23)16-8-9-17(29-16)25(27)28/h1-2,4-5,8-9,18H,3,6-7,23H2/t18-/m0/s1. The molecule has 2 aliphatic rings. The number of nitrogens with zero attached hydrogens (tertiary/aromatic N) is 3. The number of thiophene rings is 1. The summed E-state index contributed by atoms with van der Waals surface area (Å²) in [6.45, 7) is 0. The maximum atomic E-state index is 14.6. The summed E-state index contributed by atoms with van der Waals surface area (Å²) < 4.78 is 14.6. The van der Waals surface area contributed by atoms with Gasteiger partial charge in [-0.3, -0.25) is 19.8 Å². The highest BCUT2D eigenvalue weighted by Gasteiger charge is 2.41. The fraction of sp³-hybridized carbons (Fsp3) is 0.200. The number of rotatable bonds is 3. The van der Waals surface area contributed by atoms with E-state index >= 15 is 0 Å². The maximum Gasteiger partial charge on any atom is 0.324 e. The highest BCUT2D eigenvalue weighted by atomic mass is 32.1. The van der Waals surface area contributed by atoms with E-state index in [1.165, 1.54) is 23.1 Å². The molecule has 7 nitrogen and oxygen atoms in total. The molecule has 1 aliphatic carbocycles. The van der Waals surface area contributed by atoms with Crippen LogP contribution < -0.4 is 10.6 Å². The molecule has 2 aromatic rings. The summed E-state index contributed by atoms with van der Waals surface area (Å²) in [5.41, 5.74) is 7.48. The first-order valence-corrected chi connectivity index (χ1v) is 9.70. The normalized spacial score (nSPS) is 19.2. The van der Waals surface area contributed by atoms with Gasteiger partial charge in [0.1, 0.15) is 11.6 Å². The van der Waals surface area contributed by atoms with Crippen molar-refractivity contribution in [2.75, 3.05) is 4.90 Å². The van der Waals surface area contributed by atoms with Crippen molar-refractivity contribution in [3.05, 3.63) is 79.9 Å². The van der Waals surface area contributed by atoms with E-state index in [1.54, 1.807) is 18.2 Å². The number of Topliss-reactive ketones (excluding diaryl/α,β-unsaturated/α-hetero) is 1. The predicted molar refractivity (Wildman–Crippen MR) is 105 cm³/mol. The average Bonchev–Trinajstić information content (AvgIpc) is 3.18. The van der Waals surface area contributed by atoms with Gasteiger partial charge < -0.3 is 5.73 Å². The molecule has 0 saturated carbocycles. The van der Waals surface area contributed by atoms with Crippen LogP contribution in [0.25, 0.3) is 0 Å². The third-order valence-corrected chi connectivity index (χ3v) is 6.19. The lowest BCUT2D eigenvalue weighted by Crippen LogP contribution is -2.39. The largest absolute Gasteiger partial charge is 0.384 e. The predicted octanol–water partition coefficient (Wildman–Crippen LogP) is 4.10. The Balaban J connectivity index is 1.97. The van der Waals surface area contributed by atoms with E-state index in [2.05, 4.69) is 6.07 Å². The second-order valence-corrected chi connectivity index (χ2v) is 7.79. The maximum absolute atomic E-state index is 14.6. The third-order valence-electron chi connectivity index (χ3n) is 5.08. The van der Waals surface area contributed by atoms with Crippen LogP contribution in [0.15, 0.2) is 59.1 Å². The summed E-state index contributed by atoms with van der Waals surface area (Å²) >= 11 is 0.908. The molecule has 1 atom stereocenters. The summed E-state index contributed by atoms with van der Waals surface area (Å²) in [5.74, 6) is -1.44. The molecule has 4 rings (SSSR count). The van der Waals surface area contributed by atoms with E-state index in [1.807, 2.05) is 0 Å². The van der Waals surface area contributed by atoms with E-state index in [9.17, 15) is 24.6 Å². The number of anilines is 1. The van der Waals surface area contributed by atoms with Gasteiger partial charge in [-0.25, -0.2) is 4.39 Å². The number of nitriles is 1. The van der Waals surface area contributed by atoms with E-state index in [-0.39, 0.29) is 27.9 Å². The number of nitrogens with two attached hydrogens (primary N) is 1. The van der Waals surface area contributed by atoms with Gasteiger partial charge in [-0.1, -0.05) is 23.5 Å². The first-order chi connectivity index (χ1) is 13.9. The molecule has 0 fully saturated rings. The van der Waals surface area contributed by atoms with Crippen molar-refractivity contribution in [1.82, 2.24) is 0 Å². The molecule has 0 amide bonds. The number of benzene rings is 1. The van der Waals surface area contributed by atoms with Gasteiger partial charge in [0.2, 0.25) is 0 Å². The van der Waals surface area contributed by atoms with Crippen molar-refractivity contribution >= 4 is 27.8 Å². The molecular formula is C20H15FN4O3S. The van der Waals surface area contributed by atoms with Crippen LogP contribution in [0.4, 0.5) is 15.1 Å². The smallest absolute Gasteiger partial charge is 0.324 e. The van der Waals surface area contributed by atoms with E-state index in [0.717, 1.165) is 11.3 Å². The zero-order valence-corrected chi connectivity index (χ0v) is 15.9. The van der Waals surface area contributed by atoms with E-state index in [4.69, 9.17) is 5.73 Å². The lowest BCUT2D eigenvalue weighted by molar-refractivity contribution is -0.380. The number of halogens is 1. The van der Waals surface area contributed by atoms with Crippen LogP contribution in [0.2, 0.25) is 0 Å². The van der Waals surface area contributed by atoms with Gasteiger partial charge in [-0.2, -0.15) is 5.26 Å². The topological polar surface area (TPSA) is 113 Å². The van der Waals surface area contributed by atoms with Gasteiger partial charge in [0, 0.05) is 28.6 Å². The zero-order chi connectivity index (χ0) is 20.7. The number of carbonyl (C=O) groups excluding carboxylic acids is 1. The van der Waals surface area contributed by atoms with Crippen LogP contribution in [0.5, 0.6) is 0 Å². The Morgan fingerprint density at radius 2 is 2.03 bits per heavy atom. The van der Waals surface area contributed by atoms with Crippen LogP contribution >= 0.6 is 11.3 Å². The van der Waals surface area contributed by atoms with Gasteiger partial charge in [0.25, 0.3) is 0 Å². The Morgan fingerprint density at radius 1 is 1.28 bits per heavy atom. The molecule has 29 heavy (non-hydrogen) atoms. The Morgan fingerprint density at radius 3 is 2.69 bits per heavy atom. The molecule has 0 radical (unpaired) electrons. The fourth-order valence-electron chi connectivity index (χ4n) is 3.87. The SMILES string of the molecule is N#CC1=C(N)N(c2ccccc2F)C2=C(C(=O)CCC2)[C@@H]1c1ccc([N+](=O)[O-])s1. The summed E-state index contributed by atoms with van der Waals surface area (Å²) in [6, 6.07) is 11.0. The minimum absolute atomic E-state index is 0.0344. The molecule has 0 unspecified atom stereocenters. The zero-order valence-electron chi connectivity index (χ0n) is 15.1. The van der Waals surface area contributed by atoms with Gasteiger partial charge in [-0.15, -0.1) is 0 Å². The van der Waals surface area contributed by atoms with Gasteiger partial charge in [0.05, 0.1) is 28.2 Å². The summed E-state index contributed by atoms with van der Waals surface area (Å²) in [6.07, 6.45) is 1.36. The molecule has 2 heterocycles. The number of nitro groups is 1. The first kappa shape index (κ1) is 18.8. The van der Waals surface area contributed by atoms with Crippen molar-refractivity contribution in [2.45, 2.75) is 25.2 Å².